The lowest BCUT2D eigenvalue weighted by Gasteiger charge is -2.37. The average Bonchev–Trinajstić information content (AvgIpc) is 2.37. The molecule has 4 heteroatoms. The third kappa shape index (κ3) is 3.78. The number of carbonyl (C=O) groups excluding carboxylic acids is 1. The SMILES string of the molecule is COc1ccc(C(=O)CN2CCOC(C)(C)C2)cc1. The molecule has 1 saturated heterocycles. The first-order valence-electron chi connectivity index (χ1n) is 6.54. The van der Waals surface area contributed by atoms with Crippen LogP contribution in [0.1, 0.15) is 24.2 Å². The fourth-order valence-corrected chi connectivity index (χ4v) is 2.32. The third-order valence-corrected chi connectivity index (χ3v) is 3.28. The molecular formula is C15H21NO3. The van der Waals surface area contributed by atoms with Crippen LogP contribution in [0, 0.1) is 0 Å². The van der Waals surface area contributed by atoms with Crippen molar-refractivity contribution in [1.82, 2.24) is 4.90 Å². The molecule has 1 aliphatic rings. The first kappa shape index (κ1) is 14.0. The summed E-state index contributed by atoms with van der Waals surface area (Å²) in [4.78, 5) is 14.3. The number of hydrogen-bond acceptors (Lipinski definition) is 4. The highest BCUT2D eigenvalue weighted by atomic mass is 16.5. The molecule has 0 aromatic heterocycles. The number of nitrogens with zero attached hydrogens (tertiary/aromatic N) is 1. The van der Waals surface area contributed by atoms with Gasteiger partial charge in [-0.15, -0.1) is 0 Å². The van der Waals surface area contributed by atoms with Gasteiger partial charge in [0.15, 0.2) is 5.78 Å². The monoisotopic (exact) mass is 263 g/mol. The van der Waals surface area contributed by atoms with E-state index in [1.165, 1.54) is 0 Å². The molecule has 0 N–H and O–H groups in total. The summed E-state index contributed by atoms with van der Waals surface area (Å²) in [6.45, 7) is 6.83. The second-order valence-corrected chi connectivity index (χ2v) is 5.47. The maximum absolute atomic E-state index is 12.2. The second-order valence-electron chi connectivity index (χ2n) is 5.47. The Bertz CT molecular complexity index is 439. The molecule has 1 aromatic carbocycles. The Morgan fingerprint density at radius 2 is 2.05 bits per heavy atom. The van der Waals surface area contributed by atoms with Crippen molar-refractivity contribution < 1.29 is 14.3 Å². The molecule has 1 aromatic rings. The minimum atomic E-state index is -0.168. The predicted octanol–water partition coefficient (Wildman–Crippen LogP) is 1.99. The van der Waals surface area contributed by atoms with E-state index in [0.717, 1.165) is 24.4 Å². The van der Waals surface area contributed by atoms with Crippen LogP contribution in [0.25, 0.3) is 0 Å². The highest BCUT2D eigenvalue weighted by Gasteiger charge is 2.28. The van der Waals surface area contributed by atoms with Gasteiger partial charge < -0.3 is 9.47 Å². The van der Waals surface area contributed by atoms with Crippen LogP contribution < -0.4 is 4.74 Å². The van der Waals surface area contributed by atoms with Crippen molar-refractivity contribution in [3.8, 4) is 5.75 Å². The van der Waals surface area contributed by atoms with Crippen molar-refractivity contribution in [1.29, 1.82) is 0 Å². The minimum Gasteiger partial charge on any atom is -0.497 e. The lowest BCUT2D eigenvalue weighted by atomic mass is 10.1. The molecule has 0 spiro atoms. The van der Waals surface area contributed by atoms with Gasteiger partial charge in [0.05, 0.1) is 25.9 Å². The van der Waals surface area contributed by atoms with Crippen LogP contribution in [-0.4, -0.2) is 49.6 Å². The summed E-state index contributed by atoms with van der Waals surface area (Å²) in [5, 5.41) is 0. The Balaban J connectivity index is 1.96. The number of Topliss-reactive ketones (excluding diaryl/α,β-unsaturated/α-hetero) is 1. The van der Waals surface area contributed by atoms with Gasteiger partial charge >= 0.3 is 0 Å². The summed E-state index contributed by atoms with van der Waals surface area (Å²) in [7, 11) is 1.62. The molecule has 0 amide bonds. The van der Waals surface area contributed by atoms with Crippen molar-refractivity contribution in [3.63, 3.8) is 0 Å². The first-order chi connectivity index (χ1) is 9.00. The molecule has 19 heavy (non-hydrogen) atoms. The fourth-order valence-electron chi connectivity index (χ4n) is 2.32. The molecule has 0 unspecified atom stereocenters. The van der Waals surface area contributed by atoms with E-state index < -0.39 is 0 Å². The van der Waals surface area contributed by atoms with E-state index in [9.17, 15) is 4.79 Å². The summed E-state index contributed by atoms with van der Waals surface area (Å²) in [6.07, 6.45) is 0. The number of hydrogen-bond donors (Lipinski definition) is 0. The molecule has 104 valence electrons. The molecule has 0 saturated carbocycles. The molecule has 0 bridgehead atoms. The van der Waals surface area contributed by atoms with E-state index in [0.29, 0.717) is 13.2 Å². The first-order valence-corrected chi connectivity index (χ1v) is 6.54. The van der Waals surface area contributed by atoms with Crippen molar-refractivity contribution in [3.05, 3.63) is 29.8 Å². The van der Waals surface area contributed by atoms with Crippen LogP contribution in [0.5, 0.6) is 5.75 Å². The van der Waals surface area contributed by atoms with Crippen molar-refractivity contribution >= 4 is 5.78 Å². The minimum absolute atomic E-state index is 0.139. The Kier molecular flexibility index (Phi) is 4.22. The largest absolute Gasteiger partial charge is 0.497 e. The number of carbonyl (C=O) groups is 1. The zero-order chi connectivity index (χ0) is 13.9. The summed E-state index contributed by atoms with van der Waals surface area (Å²) in [6, 6.07) is 7.26. The van der Waals surface area contributed by atoms with Crippen molar-refractivity contribution in [2.24, 2.45) is 0 Å². The van der Waals surface area contributed by atoms with Crippen LogP contribution >= 0.6 is 0 Å². The standard InChI is InChI=1S/C15H21NO3/c1-15(2)11-16(8-9-19-15)10-14(17)12-4-6-13(18-3)7-5-12/h4-7H,8-11H2,1-3H3. The van der Waals surface area contributed by atoms with Gasteiger partial charge in [0.2, 0.25) is 0 Å². The van der Waals surface area contributed by atoms with E-state index in [-0.39, 0.29) is 11.4 Å². The van der Waals surface area contributed by atoms with Gasteiger partial charge in [-0.05, 0) is 38.1 Å². The van der Waals surface area contributed by atoms with Crippen LogP contribution in [0.2, 0.25) is 0 Å². The van der Waals surface area contributed by atoms with Crippen LogP contribution in [0.4, 0.5) is 0 Å². The topological polar surface area (TPSA) is 38.8 Å². The summed E-state index contributed by atoms with van der Waals surface area (Å²) in [5.74, 6) is 0.907. The Morgan fingerprint density at radius 1 is 1.37 bits per heavy atom. The van der Waals surface area contributed by atoms with Crippen LogP contribution in [-0.2, 0) is 4.74 Å². The normalized spacial score (nSPS) is 19.1. The quantitative estimate of drug-likeness (QED) is 0.779. The zero-order valence-corrected chi connectivity index (χ0v) is 11.8. The molecule has 0 atom stereocenters. The van der Waals surface area contributed by atoms with Crippen LogP contribution in [0.15, 0.2) is 24.3 Å². The number of rotatable bonds is 4. The molecule has 4 nitrogen and oxygen atoms in total. The predicted molar refractivity (Wildman–Crippen MR) is 73.8 cm³/mol. The number of benzene rings is 1. The summed E-state index contributed by atoms with van der Waals surface area (Å²) in [5.41, 5.74) is 0.559. The Morgan fingerprint density at radius 3 is 2.63 bits per heavy atom. The van der Waals surface area contributed by atoms with Gasteiger partial charge in [0.1, 0.15) is 5.75 Å². The maximum atomic E-state index is 12.2. The molecule has 0 radical (unpaired) electrons. The van der Waals surface area contributed by atoms with Gasteiger partial charge in [-0.1, -0.05) is 0 Å². The van der Waals surface area contributed by atoms with Gasteiger partial charge in [-0.3, -0.25) is 9.69 Å². The average molecular weight is 263 g/mol. The van der Waals surface area contributed by atoms with E-state index in [1.807, 2.05) is 24.3 Å². The molecule has 0 aliphatic carbocycles. The van der Waals surface area contributed by atoms with Gasteiger partial charge in [-0.25, -0.2) is 0 Å². The van der Waals surface area contributed by atoms with E-state index in [1.54, 1.807) is 7.11 Å². The fraction of sp³-hybridized carbons (Fsp3) is 0.533. The number of morpholine rings is 1. The molecule has 1 aliphatic heterocycles. The van der Waals surface area contributed by atoms with Crippen LogP contribution in [0.3, 0.4) is 0 Å². The van der Waals surface area contributed by atoms with Crippen molar-refractivity contribution in [2.75, 3.05) is 33.4 Å². The number of ketones is 1. The summed E-state index contributed by atoms with van der Waals surface area (Å²) < 4.78 is 10.7. The Labute approximate surface area is 114 Å². The van der Waals surface area contributed by atoms with Crippen molar-refractivity contribution in [2.45, 2.75) is 19.4 Å². The van der Waals surface area contributed by atoms with E-state index in [4.69, 9.17) is 9.47 Å². The highest BCUT2D eigenvalue weighted by molar-refractivity contribution is 5.97. The Hall–Kier alpha value is -1.39. The third-order valence-electron chi connectivity index (χ3n) is 3.28. The second kappa shape index (κ2) is 5.72. The number of methoxy groups -OCH3 is 1. The smallest absolute Gasteiger partial charge is 0.176 e. The van der Waals surface area contributed by atoms with Gasteiger partial charge in [-0.2, -0.15) is 0 Å². The summed E-state index contributed by atoms with van der Waals surface area (Å²) >= 11 is 0. The highest BCUT2D eigenvalue weighted by Crippen LogP contribution is 2.17. The van der Waals surface area contributed by atoms with E-state index >= 15 is 0 Å². The lowest BCUT2D eigenvalue weighted by molar-refractivity contribution is -0.0833. The lowest BCUT2D eigenvalue weighted by Crippen LogP contribution is -2.49. The molecule has 1 fully saturated rings. The maximum Gasteiger partial charge on any atom is 0.176 e. The van der Waals surface area contributed by atoms with Gasteiger partial charge in [0, 0.05) is 18.7 Å². The van der Waals surface area contributed by atoms with E-state index in [2.05, 4.69) is 18.7 Å². The molecule has 2 rings (SSSR count). The zero-order valence-electron chi connectivity index (χ0n) is 11.8. The molecule has 1 heterocycles. The van der Waals surface area contributed by atoms with Gasteiger partial charge in [0.25, 0.3) is 0 Å². The number of ether oxygens (including phenoxy) is 2. The molecular weight excluding hydrogens is 242 g/mol.